The molecule has 0 saturated carbocycles. The lowest BCUT2D eigenvalue weighted by Crippen LogP contribution is -2.36. The van der Waals surface area contributed by atoms with Crippen molar-refractivity contribution in [3.8, 4) is 0 Å². The quantitative estimate of drug-likeness (QED) is 0.921. The molecule has 5 nitrogen and oxygen atoms in total. The molecule has 0 aliphatic carbocycles. The molecule has 1 aromatic heterocycles. The van der Waals surface area contributed by atoms with Crippen molar-refractivity contribution in [3.05, 3.63) is 47.6 Å². The average Bonchev–Trinajstić information content (AvgIpc) is 2.98. The van der Waals surface area contributed by atoms with Gasteiger partial charge in [-0.2, -0.15) is 4.98 Å². The Hall–Kier alpha value is -1.72. The number of rotatable bonds is 4. The highest BCUT2D eigenvalue weighted by atomic mass is 16.5. The van der Waals surface area contributed by atoms with E-state index in [-0.39, 0.29) is 5.41 Å². The Kier molecular flexibility index (Phi) is 3.80. The number of nitrogens with zero attached hydrogens (tertiary/aromatic N) is 2. The van der Waals surface area contributed by atoms with Gasteiger partial charge in [0, 0.05) is 13.2 Å². The third-order valence-electron chi connectivity index (χ3n) is 3.90. The molecule has 1 fully saturated rings. The zero-order chi connectivity index (χ0) is 13.8. The zero-order valence-corrected chi connectivity index (χ0v) is 11.6. The Morgan fingerprint density at radius 3 is 2.65 bits per heavy atom. The smallest absolute Gasteiger partial charge is 0.240 e. The van der Waals surface area contributed by atoms with Crippen molar-refractivity contribution in [2.45, 2.75) is 24.8 Å². The van der Waals surface area contributed by atoms with Crippen LogP contribution < -0.4 is 5.32 Å². The summed E-state index contributed by atoms with van der Waals surface area (Å²) in [5.41, 5.74) is 1.05. The van der Waals surface area contributed by atoms with E-state index in [1.807, 2.05) is 13.1 Å². The Balaban J connectivity index is 2.00. The molecule has 1 aromatic carbocycles. The minimum atomic E-state index is -0.186. The van der Waals surface area contributed by atoms with Gasteiger partial charge in [-0.1, -0.05) is 35.5 Å². The molecule has 2 heterocycles. The van der Waals surface area contributed by atoms with Gasteiger partial charge in [-0.3, -0.25) is 0 Å². The van der Waals surface area contributed by atoms with Crippen LogP contribution in [0.15, 0.2) is 34.9 Å². The molecule has 0 bridgehead atoms. The van der Waals surface area contributed by atoms with Crippen LogP contribution in [0.4, 0.5) is 0 Å². The summed E-state index contributed by atoms with van der Waals surface area (Å²) in [4.78, 5) is 4.58. The molecule has 1 aliphatic heterocycles. The van der Waals surface area contributed by atoms with Gasteiger partial charge in [0.15, 0.2) is 5.82 Å². The van der Waals surface area contributed by atoms with E-state index >= 15 is 0 Å². The summed E-state index contributed by atoms with van der Waals surface area (Å²) < 4.78 is 10.9. The second-order valence-corrected chi connectivity index (χ2v) is 5.10. The predicted molar refractivity (Wildman–Crippen MR) is 74.3 cm³/mol. The van der Waals surface area contributed by atoms with Crippen molar-refractivity contribution in [1.29, 1.82) is 0 Å². The third kappa shape index (κ3) is 2.34. The summed E-state index contributed by atoms with van der Waals surface area (Å²) in [6, 6.07) is 10.4. The minimum Gasteiger partial charge on any atom is -0.381 e. The fourth-order valence-corrected chi connectivity index (χ4v) is 2.79. The van der Waals surface area contributed by atoms with E-state index in [0.717, 1.165) is 31.9 Å². The number of hydrogen-bond donors (Lipinski definition) is 1. The second-order valence-electron chi connectivity index (χ2n) is 5.10. The molecule has 2 aromatic rings. The van der Waals surface area contributed by atoms with Gasteiger partial charge in [0.1, 0.15) is 0 Å². The van der Waals surface area contributed by atoms with Crippen LogP contribution in [0.5, 0.6) is 0 Å². The molecule has 20 heavy (non-hydrogen) atoms. The van der Waals surface area contributed by atoms with Crippen molar-refractivity contribution in [1.82, 2.24) is 15.5 Å². The maximum Gasteiger partial charge on any atom is 0.240 e. The summed E-state index contributed by atoms with van der Waals surface area (Å²) in [5, 5.41) is 7.26. The van der Waals surface area contributed by atoms with E-state index in [1.165, 1.54) is 5.56 Å². The van der Waals surface area contributed by atoms with Crippen LogP contribution >= 0.6 is 0 Å². The maximum absolute atomic E-state index is 5.52. The van der Waals surface area contributed by atoms with Crippen molar-refractivity contribution >= 4 is 0 Å². The van der Waals surface area contributed by atoms with Gasteiger partial charge in [0.25, 0.3) is 0 Å². The van der Waals surface area contributed by atoms with Crippen LogP contribution in [0.25, 0.3) is 0 Å². The lowest BCUT2D eigenvalue weighted by molar-refractivity contribution is 0.0597. The summed E-state index contributed by atoms with van der Waals surface area (Å²) >= 11 is 0. The molecule has 3 rings (SSSR count). The summed E-state index contributed by atoms with van der Waals surface area (Å²) in [6.07, 6.45) is 1.77. The largest absolute Gasteiger partial charge is 0.381 e. The Labute approximate surface area is 118 Å². The van der Waals surface area contributed by atoms with E-state index < -0.39 is 0 Å². The van der Waals surface area contributed by atoms with Crippen molar-refractivity contribution in [2.75, 3.05) is 20.3 Å². The first kappa shape index (κ1) is 13.3. The highest BCUT2D eigenvalue weighted by Gasteiger charge is 2.40. The van der Waals surface area contributed by atoms with Crippen molar-refractivity contribution in [3.63, 3.8) is 0 Å². The van der Waals surface area contributed by atoms with Crippen molar-refractivity contribution < 1.29 is 9.26 Å². The van der Waals surface area contributed by atoms with E-state index in [1.54, 1.807) is 0 Å². The minimum absolute atomic E-state index is 0.186. The summed E-state index contributed by atoms with van der Waals surface area (Å²) in [6.45, 7) is 2.05. The predicted octanol–water partition coefficient (Wildman–Crippen LogP) is 1.89. The topological polar surface area (TPSA) is 60.2 Å². The van der Waals surface area contributed by atoms with Gasteiger partial charge in [-0.15, -0.1) is 0 Å². The molecule has 1 saturated heterocycles. The maximum atomic E-state index is 5.52. The molecular weight excluding hydrogens is 254 g/mol. The third-order valence-corrected chi connectivity index (χ3v) is 3.90. The molecule has 106 valence electrons. The lowest BCUT2D eigenvalue weighted by atomic mass is 9.73. The Morgan fingerprint density at radius 2 is 1.95 bits per heavy atom. The van der Waals surface area contributed by atoms with E-state index in [4.69, 9.17) is 9.26 Å². The van der Waals surface area contributed by atoms with Crippen LogP contribution in [0.1, 0.15) is 30.1 Å². The second kappa shape index (κ2) is 5.73. The molecule has 0 atom stereocenters. The number of benzene rings is 1. The normalized spacial score (nSPS) is 18.1. The van der Waals surface area contributed by atoms with Crippen LogP contribution in [-0.2, 0) is 16.7 Å². The van der Waals surface area contributed by atoms with Gasteiger partial charge >= 0.3 is 0 Å². The van der Waals surface area contributed by atoms with Crippen LogP contribution in [0.2, 0.25) is 0 Å². The average molecular weight is 273 g/mol. The number of hydrogen-bond acceptors (Lipinski definition) is 5. The highest BCUT2D eigenvalue weighted by Crippen LogP contribution is 2.39. The van der Waals surface area contributed by atoms with Crippen LogP contribution in [0, 0.1) is 0 Å². The van der Waals surface area contributed by atoms with Crippen LogP contribution in [-0.4, -0.2) is 30.4 Å². The number of nitrogens with one attached hydrogen (secondary N) is 1. The first-order chi connectivity index (χ1) is 9.85. The lowest BCUT2D eigenvalue weighted by Gasteiger charge is -2.34. The van der Waals surface area contributed by atoms with Gasteiger partial charge in [-0.25, -0.2) is 0 Å². The molecule has 0 radical (unpaired) electrons. The van der Waals surface area contributed by atoms with Gasteiger partial charge in [-0.05, 0) is 25.5 Å². The summed E-state index contributed by atoms with van der Waals surface area (Å²) in [5.74, 6) is 1.40. The van der Waals surface area contributed by atoms with E-state index in [2.05, 4.69) is 39.7 Å². The molecular formula is C15H19N3O2. The first-order valence-electron chi connectivity index (χ1n) is 6.96. The van der Waals surface area contributed by atoms with Gasteiger partial charge < -0.3 is 14.6 Å². The number of aromatic nitrogens is 2. The molecule has 1 aliphatic rings. The first-order valence-corrected chi connectivity index (χ1v) is 6.96. The fourth-order valence-electron chi connectivity index (χ4n) is 2.79. The van der Waals surface area contributed by atoms with Gasteiger partial charge in [0.05, 0.1) is 12.0 Å². The van der Waals surface area contributed by atoms with Gasteiger partial charge in [0.2, 0.25) is 5.89 Å². The fraction of sp³-hybridized carbons (Fsp3) is 0.467. The molecule has 1 N–H and O–H groups in total. The summed E-state index contributed by atoms with van der Waals surface area (Å²) in [7, 11) is 1.87. The number of ether oxygens (including phenoxy) is 1. The monoisotopic (exact) mass is 273 g/mol. The Morgan fingerprint density at radius 1 is 1.20 bits per heavy atom. The van der Waals surface area contributed by atoms with Crippen LogP contribution in [0.3, 0.4) is 0 Å². The standard InChI is InChI=1S/C15H19N3O2/c1-16-11-13-17-14(18-20-13)15(7-9-19-10-8-15)12-5-3-2-4-6-12/h2-6,16H,7-11H2,1H3. The molecule has 5 heteroatoms. The molecule has 0 amide bonds. The van der Waals surface area contributed by atoms with E-state index in [9.17, 15) is 0 Å². The zero-order valence-electron chi connectivity index (χ0n) is 11.6. The SMILES string of the molecule is CNCc1nc(C2(c3ccccc3)CCOCC2)no1. The van der Waals surface area contributed by atoms with E-state index in [0.29, 0.717) is 12.4 Å². The molecule has 0 unspecified atom stereocenters. The van der Waals surface area contributed by atoms with Crippen molar-refractivity contribution in [2.24, 2.45) is 0 Å². The highest BCUT2D eigenvalue weighted by molar-refractivity contribution is 5.33. The Bertz CT molecular complexity index is 547. The molecule has 0 spiro atoms.